The number of carbonyl (C=O) groups excluding carboxylic acids is 1. The van der Waals surface area contributed by atoms with Crippen molar-refractivity contribution in [2.45, 2.75) is 24.8 Å². The predicted octanol–water partition coefficient (Wildman–Crippen LogP) is 2.91. The highest BCUT2D eigenvalue weighted by Gasteiger charge is 2.35. The summed E-state index contributed by atoms with van der Waals surface area (Å²) in [5, 5.41) is 2.98. The van der Waals surface area contributed by atoms with Crippen LogP contribution in [-0.4, -0.2) is 29.8 Å². The molecule has 0 bridgehead atoms. The number of amides is 1. The topological polar surface area (TPSA) is 38.3 Å². The van der Waals surface area contributed by atoms with Crippen LogP contribution in [0.15, 0.2) is 24.3 Å². The molecule has 1 aliphatic rings. The molecule has 1 aromatic rings. The smallest absolute Gasteiger partial charge is 0.231 e. The molecule has 1 amide bonds. The molecular formula is C14H17Cl2NO2. The van der Waals surface area contributed by atoms with E-state index < -0.39 is 5.54 Å². The average Bonchev–Trinajstić information content (AvgIpc) is 2.89. The first-order valence-electron chi connectivity index (χ1n) is 6.31. The minimum absolute atomic E-state index is 0.0758. The molecule has 2 rings (SSSR count). The van der Waals surface area contributed by atoms with Crippen molar-refractivity contribution in [3.05, 3.63) is 29.8 Å². The number of fused-ring (bicyclic) bond motifs is 1. The number of hydrogen-bond donors (Lipinski definition) is 1. The molecule has 0 fully saturated rings. The molecule has 1 atom stereocenters. The van der Waals surface area contributed by atoms with Crippen LogP contribution in [0.25, 0.3) is 0 Å². The maximum Gasteiger partial charge on any atom is 0.231 e. The Morgan fingerprint density at radius 3 is 2.74 bits per heavy atom. The lowest BCUT2D eigenvalue weighted by Crippen LogP contribution is -2.52. The molecule has 1 aliphatic heterocycles. The summed E-state index contributed by atoms with van der Waals surface area (Å²) in [7, 11) is 0. The van der Waals surface area contributed by atoms with E-state index in [4.69, 9.17) is 27.9 Å². The summed E-state index contributed by atoms with van der Waals surface area (Å²) in [6, 6.07) is 7.59. The summed E-state index contributed by atoms with van der Waals surface area (Å²) in [6.45, 7) is 2.33. The molecule has 1 aromatic carbocycles. The zero-order valence-corrected chi connectivity index (χ0v) is 12.3. The van der Waals surface area contributed by atoms with Gasteiger partial charge in [0.1, 0.15) is 18.3 Å². The maximum atomic E-state index is 12.4. The monoisotopic (exact) mass is 301 g/mol. The van der Waals surface area contributed by atoms with E-state index in [0.717, 1.165) is 11.3 Å². The summed E-state index contributed by atoms with van der Waals surface area (Å²) in [5.41, 5.74) is 0.381. The number of ether oxygens (including phenoxy) is 1. The summed E-state index contributed by atoms with van der Waals surface area (Å²) < 4.78 is 5.52. The minimum atomic E-state index is -0.544. The van der Waals surface area contributed by atoms with Crippen LogP contribution >= 0.6 is 23.2 Å². The second-order valence-electron chi connectivity index (χ2n) is 4.79. The quantitative estimate of drug-likeness (QED) is 0.849. The van der Waals surface area contributed by atoms with Gasteiger partial charge in [0, 0.05) is 17.3 Å². The molecule has 0 saturated carbocycles. The number of benzene rings is 1. The van der Waals surface area contributed by atoms with Crippen LogP contribution in [0.2, 0.25) is 0 Å². The van der Waals surface area contributed by atoms with E-state index >= 15 is 0 Å². The lowest BCUT2D eigenvalue weighted by atomic mass is 9.96. The summed E-state index contributed by atoms with van der Waals surface area (Å²) in [4.78, 5) is 12.4. The van der Waals surface area contributed by atoms with Crippen LogP contribution in [0.5, 0.6) is 5.75 Å². The molecular weight excluding hydrogens is 285 g/mol. The Balaban J connectivity index is 2.14. The standard InChI is InChI=1S/C14H17Cl2NO2/c1-2-14(8-15,9-16)17-13(18)11-7-19-12-6-4-3-5-10(11)12/h3-6,11H,2,7-9H2,1H3,(H,17,18). The van der Waals surface area contributed by atoms with Gasteiger partial charge in [0.2, 0.25) is 5.91 Å². The number of rotatable bonds is 5. The van der Waals surface area contributed by atoms with E-state index in [0.29, 0.717) is 24.8 Å². The van der Waals surface area contributed by atoms with Crippen molar-refractivity contribution in [3.63, 3.8) is 0 Å². The van der Waals surface area contributed by atoms with Gasteiger partial charge in [-0.2, -0.15) is 0 Å². The Morgan fingerprint density at radius 1 is 1.42 bits per heavy atom. The van der Waals surface area contributed by atoms with Gasteiger partial charge in [0.25, 0.3) is 0 Å². The molecule has 1 heterocycles. The van der Waals surface area contributed by atoms with Crippen molar-refractivity contribution in [3.8, 4) is 5.75 Å². The predicted molar refractivity (Wildman–Crippen MR) is 77.3 cm³/mol. The third-order valence-corrected chi connectivity index (χ3v) is 4.62. The van der Waals surface area contributed by atoms with Crippen LogP contribution in [0.4, 0.5) is 0 Å². The minimum Gasteiger partial charge on any atom is -0.492 e. The van der Waals surface area contributed by atoms with Crippen molar-refractivity contribution < 1.29 is 9.53 Å². The Bertz CT molecular complexity index is 452. The summed E-state index contributed by atoms with van der Waals surface area (Å²) in [5.74, 6) is 1.02. The van der Waals surface area contributed by atoms with E-state index in [2.05, 4.69) is 5.32 Å². The molecule has 0 radical (unpaired) electrons. The number of para-hydroxylation sites is 1. The summed E-state index contributed by atoms with van der Waals surface area (Å²) >= 11 is 11.9. The van der Waals surface area contributed by atoms with Crippen LogP contribution in [0.3, 0.4) is 0 Å². The average molecular weight is 302 g/mol. The van der Waals surface area contributed by atoms with Crippen LogP contribution < -0.4 is 10.1 Å². The highest BCUT2D eigenvalue weighted by molar-refractivity contribution is 6.22. The normalized spacial score (nSPS) is 17.7. The number of hydrogen-bond acceptors (Lipinski definition) is 2. The van der Waals surface area contributed by atoms with Crippen LogP contribution in [0.1, 0.15) is 24.8 Å². The zero-order valence-electron chi connectivity index (χ0n) is 10.8. The van der Waals surface area contributed by atoms with E-state index in [1.807, 2.05) is 31.2 Å². The van der Waals surface area contributed by atoms with Gasteiger partial charge in [0.15, 0.2) is 0 Å². The zero-order chi connectivity index (χ0) is 13.9. The molecule has 0 aliphatic carbocycles. The Labute approximate surface area is 123 Å². The second-order valence-corrected chi connectivity index (χ2v) is 5.33. The largest absolute Gasteiger partial charge is 0.492 e. The number of halogens is 2. The van der Waals surface area contributed by atoms with E-state index in [-0.39, 0.29) is 11.8 Å². The molecule has 1 unspecified atom stereocenters. The molecule has 5 heteroatoms. The lowest BCUT2D eigenvalue weighted by Gasteiger charge is -2.30. The van der Waals surface area contributed by atoms with Gasteiger partial charge in [-0.15, -0.1) is 23.2 Å². The molecule has 19 heavy (non-hydrogen) atoms. The van der Waals surface area contributed by atoms with E-state index in [9.17, 15) is 4.79 Å². The highest BCUT2D eigenvalue weighted by Crippen LogP contribution is 2.34. The SMILES string of the molecule is CCC(CCl)(CCl)NC(=O)C1COc2ccccc21. The van der Waals surface area contributed by atoms with E-state index in [1.54, 1.807) is 0 Å². The number of alkyl halides is 2. The lowest BCUT2D eigenvalue weighted by molar-refractivity contribution is -0.124. The van der Waals surface area contributed by atoms with Gasteiger partial charge < -0.3 is 10.1 Å². The van der Waals surface area contributed by atoms with Crippen molar-refractivity contribution in [2.75, 3.05) is 18.4 Å². The maximum absolute atomic E-state index is 12.4. The first kappa shape index (κ1) is 14.5. The fourth-order valence-electron chi connectivity index (χ4n) is 2.11. The Morgan fingerprint density at radius 2 is 2.11 bits per heavy atom. The van der Waals surface area contributed by atoms with Crippen molar-refractivity contribution in [1.29, 1.82) is 0 Å². The summed E-state index contributed by atoms with van der Waals surface area (Å²) in [6.07, 6.45) is 0.695. The molecule has 1 N–H and O–H groups in total. The Hall–Kier alpha value is -0.930. The number of nitrogens with one attached hydrogen (secondary N) is 1. The molecule has 0 aromatic heterocycles. The highest BCUT2D eigenvalue weighted by atomic mass is 35.5. The van der Waals surface area contributed by atoms with Gasteiger partial charge in [0.05, 0.1) is 5.54 Å². The first-order chi connectivity index (χ1) is 9.15. The van der Waals surface area contributed by atoms with Crippen molar-refractivity contribution in [2.24, 2.45) is 0 Å². The van der Waals surface area contributed by atoms with Crippen molar-refractivity contribution >= 4 is 29.1 Å². The fraction of sp³-hybridized carbons (Fsp3) is 0.500. The molecule has 104 valence electrons. The second kappa shape index (κ2) is 6.02. The molecule has 0 saturated heterocycles. The van der Waals surface area contributed by atoms with Gasteiger partial charge in [-0.25, -0.2) is 0 Å². The molecule has 0 spiro atoms. The number of carbonyl (C=O) groups is 1. The van der Waals surface area contributed by atoms with Gasteiger partial charge in [-0.05, 0) is 12.5 Å². The van der Waals surface area contributed by atoms with Crippen LogP contribution in [0, 0.1) is 0 Å². The molecule has 3 nitrogen and oxygen atoms in total. The first-order valence-corrected chi connectivity index (χ1v) is 7.38. The third kappa shape index (κ3) is 2.82. The Kier molecular flexibility index (Phi) is 4.58. The van der Waals surface area contributed by atoms with Gasteiger partial charge >= 0.3 is 0 Å². The fourth-order valence-corrected chi connectivity index (χ4v) is 2.91. The van der Waals surface area contributed by atoms with E-state index in [1.165, 1.54) is 0 Å². The third-order valence-electron chi connectivity index (χ3n) is 3.59. The van der Waals surface area contributed by atoms with Gasteiger partial charge in [-0.1, -0.05) is 25.1 Å². The van der Waals surface area contributed by atoms with Crippen LogP contribution in [-0.2, 0) is 4.79 Å². The van der Waals surface area contributed by atoms with Crippen molar-refractivity contribution in [1.82, 2.24) is 5.32 Å². The van der Waals surface area contributed by atoms with Gasteiger partial charge in [-0.3, -0.25) is 4.79 Å².